The zero-order valence-corrected chi connectivity index (χ0v) is 16.2. The topological polar surface area (TPSA) is 71.1 Å². The first-order chi connectivity index (χ1) is 13.5. The molecule has 3 rings (SSSR count). The van der Waals surface area contributed by atoms with Crippen LogP contribution >= 0.6 is 11.6 Å². The van der Waals surface area contributed by atoms with E-state index in [0.29, 0.717) is 29.2 Å². The molecule has 5 nitrogen and oxygen atoms in total. The van der Waals surface area contributed by atoms with Crippen LogP contribution in [0.2, 0.25) is 5.02 Å². The molecule has 0 unspecified atom stereocenters. The summed E-state index contributed by atoms with van der Waals surface area (Å²) in [6.07, 6.45) is 2.35. The molecule has 0 aliphatic rings. The summed E-state index contributed by atoms with van der Waals surface area (Å²) < 4.78 is 0. The summed E-state index contributed by atoms with van der Waals surface area (Å²) in [4.78, 5) is 27.9. The third-order valence-electron chi connectivity index (χ3n) is 4.18. The second-order valence-corrected chi connectivity index (χ2v) is 6.76. The lowest BCUT2D eigenvalue weighted by molar-refractivity contribution is 0.101. The maximum atomic E-state index is 12.3. The number of carbonyl (C=O) groups excluding carboxylic acids is 2. The largest absolute Gasteiger partial charge is 0.370 e. The number of Topliss-reactive ketones (excluding diaryl/α,β-unsaturated/α-hetero) is 1. The molecule has 0 atom stereocenters. The maximum Gasteiger partial charge on any atom is 0.257 e. The third kappa shape index (κ3) is 5.41. The second kappa shape index (κ2) is 9.15. The number of hydrogen-bond acceptors (Lipinski definition) is 4. The Labute approximate surface area is 168 Å². The average molecular weight is 394 g/mol. The highest BCUT2D eigenvalue weighted by molar-refractivity contribution is 6.30. The highest BCUT2D eigenvalue weighted by Gasteiger charge is 2.07. The van der Waals surface area contributed by atoms with Crippen molar-refractivity contribution in [3.8, 4) is 0 Å². The van der Waals surface area contributed by atoms with Gasteiger partial charge in [-0.2, -0.15) is 0 Å². The molecular weight excluding hydrogens is 374 g/mol. The number of rotatable bonds is 7. The minimum atomic E-state index is -0.256. The number of ketones is 1. The number of amides is 1. The summed E-state index contributed by atoms with van der Waals surface area (Å²) in [5.74, 6) is 0.429. The van der Waals surface area contributed by atoms with E-state index in [2.05, 4.69) is 15.6 Å². The minimum Gasteiger partial charge on any atom is -0.370 e. The normalized spacial score (nSPS) is 10.4. The number of benzene rings is 2. The molecule has 0 saturated heterocycles. The fourth-order valence-electron chi connectivity index (χ4n) is 2.65. The molecule has 0 radical (unpaired) electrons. The zero-order valence-electron chi connectivity index (χ0n) is 15.4. The fraction of sp³-hybridized carbons (Fsp3) is 0.136. The molecule has 1 amide bonds. The van der Waals surface area contributed by atoms with Gasteiger partial charge in [0.2, 0.25) is 0 Å². The van der Waals surface area contributed by atoms with Gasteiger partial charge >= 0.3 is 0 Å². The monoisotopic (exact) mass is 393 g/mol. The van der Waals surface area contributed by atoms with Gasteiger partial charge in [-0.05, 0) is 67.4 Å². The lowest BCUT2D eigenvalue weighted by atomic mass is 10.1. The van der Waals surface area contributed by atoms with Gasteiger partial charge in [0, 0.05) is 29.0 Å². The Morgan fingerprint density at radius 2 is 1.75 bits per heavy atom. The first-order valence-electron chi connectivity index (χ1n) is 8.88. The van der Waals surface area contributed by atoms with Crippen LogP contribution in [0.1, 0.15) is 33.2 Å². The molecule has 142 valence electrons. The predicted octanol–water partition coefficient (Wildman–Crippen LogP) is 4.84. The van der Waals surface area contributed by atoms with Crippen molar-refractivity contribution in [3.05, 3.63) is 88.6 Å². The van der Waals surface area contributed by atoms with E-state index >= 15 is 0 Å². The molecular formula is C22H20ClN3O2. The van der Waals surface area contributed by atoms with Crippen LogP contribution in [0, 0.1) is 0 Å². The molecule has 6 heteroatoms. The SMILES string of the molecule is CC(=O)c1ccc(NC(=O)c2ccc(NCCc3cccc(Cl)c3)nc2)cc1. The Kier molecular flexibility index (Phi) is 6.40. The van der Waals surface area contributed by atoms with Crippen LogP contribution in [0.15, 0.2) is 66.9 Å². The van der Waals surface area contributed by atoms with Crippen molar-refractivity contribution < 1.29 is 9.59 Å². The van der Waals surface area contributed by atoms with E-state index in [9.17, 15) is 9.59 Å². The van der Waals surface area contributed by atoms with Crippen molar-refractivity contribution in [2.45, 2.75) is 13.3 Å². The van der Waals surface area contributed by atoms with Crippen molar-refractivity contribution in [2.24, 2.45) is 0 Å². The standard InChI is InChI=1S/C22H20ClN3O2/c1-15(27)17-5-8-20(9-6-17)26-22(28)18-7-10-21(25-14-18)24-12-11-16-3-2-4-19(23)13-16/h2-10,13-14H,11-12H2,1H3,(H,24,25)(H,26,28). The van der Waals surface area contributed by atoms with Crippen molar-refractivity contribution in [1.82, 2.24) is 4.98 Å². The Hall–Kier alpha value is -3.18. The van der Waals surface area contributed by atoms with Gasteiger partial charge in [0.05, 0.1) is 5.56 Å². The molecule has 2 N–H and O–H groups in total. The first-order valence-corrected chi connectivity index (χ1v) is 9.26. The summed E-state index contributed by atoms with van der Waals surface area (Å²) >= 11 is 5.98. The highest BCUT2D eigenvalue weighted by atomic mass is 35.5. The summed E-state index contributed by atoms with van der Waals surface area (Å²) in [6.45, 7) is 2.21. The summed E-state index contributed by atoms with van der Waals surface area (Å²) in [7, 11) is 0. The molecule has 2 aromatic carbocycles. The summed E-state index contributed by atoms with van der Waals surface area (Å²) in [5, 5.41) is 6.74. The van der Waals surface area contributed by atoms with E-state index < -0.39 is 0 Å². The number of anilines is 2. The summed E-state index contributed by atoms with van der Waals surface area (Å²) in [6, 6.07) is 18.0. The van der Waals surface area contributed by atoms with Gasteiger partial charge in [-0.25, -0.2) is 4.98 Å². The Balaban J connectivity index is 1.53. The van der Waals surface area contributed by atoms with E-state index in [1.165, 1.54) is 13.1 Å². The van der Waals surface area contributed by atoms with Gasteiger partial charge in [-0.1, -0.05) is 23.7 Å². The van der Waals surface area contributed by atoms with Gasteiger partial charge < -0.3 is 10.6 Å². The van der Waals surface area contributed by atoms with Crippen molar-refractivity contribution >= 4 is 34.8 Å². The quantitative estimate of drug-likeness (QED) is 0.563. The van der Waals surface area contributed by atoms with Gasteiger partial charge in [0.15, 0.2) is 5.78 Å². The minimum absolute atomic E-state index is 0.0134. The van der Waals surface area contributed by atoms with E-state index in [1.807, 2.05) is 24.3 Å². The molecule has 0 spiro atoms. The van der Waals surface area contributed by atoms with Gasteiger partial charge in [0.1, 0.15) is 5.82 Å². The number of halogens is 1. The molecule has 0 aliphatic carbocycles. The molecule has 28 heavy (non-hydrogen) atoms. The van der Waals surface area contributed by atoms with Crippen molar-refractivity contribution in [3.63, 3.8) is 0 Å². The van der Waals surface area contributed by atoms with E-state index in [0.717, 1.165) is 17.0 Å². The predicted molar refractivity (Wildman–Crippen MR) is 112 cm³/mol. The number of nitrogens with zero attached hydrogens (tertiary/aromatic N) is 1. The van der Waals surface area contributed by atoms with Gasteiger partial charge in [0.25, 0.3) is 5.91 Å². The third-order valence-corrected chi connectivity index (χ3v) is 4.42. The van der Waals surface area contributed by atoms with Crippen LogP contribution in [-0.4, -0.2) is 23.2 Å². The smallest absolute Gasteiger partial charge is 0.257 e. The molecule has 3 aromatic rings. The number of aromatic nitrogens is 1. The van der Waals surface area contributed by atoms with Crippen molar-refractivity contribution in [1.29, 1.82) is 0 Å². The zero-order chi connectivity index (χ0) is 19.9. The number of nitrogens with one attached hydrogen (secondary N) is 2. The Morgan fingerprint density at radius 1 is 1.00 bits per heavy atom. The molecule has 1 heterocycles. The lowest BCUT2D eigenvalue weighted by Gasteiger charge is -2.08. The van der Waals surface area contributed by atoms with Crippen LogP contribution in [0.4, 0.5) is 11.5 Å². The van der Waals surface area contributed by atoms with Crippen LogP contribution in [-0.2, 0) is 6.42 Å². The summed E-state index contributed by atoms with van der Waals surface area (Å²) in [5.41, 5.74) is 2.83. The molecule has 0 bridgehead atoms. The number of hydrogen-bond donors (Lipinski definition) is 2. The van der Waals surface area contributed by atoms with E-state index in [4.69, 9.17) is 11.6 Å². The number of pyridine rings is 1. The van der Waals surface area contributed by atoms with Gasteiger partial charge in [-0.3, -0.25) is 9.59 Å². The molecule has 1 aromatic heterocycles. The van der Waals surface area contributed by atoms with Crippen molar-refractivity contribution in [2.75, 3.05) is 17.2 Å². The number of carbonyl (C=O) groups is 2. The fourth-order valence-corrected chi connectivity index (χ4v) is 2.86. The van der Waals surface area contributed by atoms with Gasteiger partial charge in [-0.15, -0.1) is 0 Å². The maximum absolute atomic E-state index is 12.3. The van der Waals surface area contributed by atoms with Crippen LogP contribution < -0.4 is 10.6 Å². The lowest BCUT2D eigenvalue weighted by Crippen LogP contribution is -2.13. The van der Waals surface area contributed by atoms with Crippen LogP contribution in [0.3, 0.4) is 0 Å². The Morgan fingerprint density at radius 3 is 2.39 bits per heavy atom. The average Bonchev–Trinajstić information content (AvgIpc) is 2.69. The second-order valence-electron chi connectivity index (χ2n) is 6.33. The molecule has 0 fully saturated rings. The van der Waals surface area contributed by atoms with Crippen LogP contribution in [0.25, 0.3) is 0 Å². The van der Waals surface area contributed by atoms with E-state index in [-0.39, 0.29) is 11.7 Å². The first kappa shape index (κ1) is 19.6. The van der Waals surface area contributed by atoms with Crippen LogP contribution in [0.5, 0.6) is 0 Å². The molecule has 0 aliphatic heterocycles. The Bertz CT molecular complexity index is 970. The van der Waals surface area contributed by atoms with E-state index in [1.54, 1.807) is 36.4 Å². The highest BCUT2D eigenvalue weighted by Crippen LogP contribution is 2.14. The molecule has 0 saturated carbocycles.